The minimum atomic E-state index is -0.827. The zero-order chi connectivity index (χ0) is 14.4. The number of hydrogen-bond acceptors (Lipinski definition) is 4. The molecule has 0 fully saturated rings. The molecule has 0 radical (unpaired) electrons. The van der Waals surface area contributed by atoms with Crippen LogP contribution in [0.4, 0.5) is 10.1 Å². The summed E-state index contributed by atoms with van der Waals surface area (Å²) in [6.07, 6.45) is 0. The lowest BCUT2D eigenvalue weighted by Crippen LogP contribution is -2.44. The molecule has 0 aliphatic heterocycles. The van der Waals surface area contributed by atoms with Crippen LogP contribution >= 0.6 is 12.6 Å². The van der Waals surface area contributed by atoms with Crippen molar-refractivity contribution in [3.63, 3.8) is 0 Å². The van der Waals surface area contributed by atoms with Crippen molar-refractivity contribution in [2.75, 3.05) is 18.2 Å². The summed E-state index contributed by atoms with van der Waals surface area (Å²) in [5.74, 6) is -0.969. The zero-order valence-electron chi connectivity index (χ0n) is 10.6. The monoisotopic (exact) mass is 286 g/mol. The molecule has 5 nitrogen and oxygen atoms in total. The second-order valence-corrected chi connectivity index (χ2v) is 4.14. The minimum Gasteiger partial charge on any atom is -0.497 e. The number of hydrogen-bond donors (Lipinski definition) is 3. The molecule has 1 aromatic carbocycles. The molecule has 19 heavy (non-hydrogen) atoms. The molecule has 1 unspecified atom stereocenters. The fraction of sp³-hybridized carbons (Fsp3) is 0.333. The van der Waals surface area contributed by atoms with Gasteiger partial charge in [0.25, 0.3) is 0 Å². The van der Waals surface area contributed by atoms with Gasteiger partial charge in [0, 0.05) is 18.7 Å². The molecule has 2 amide bonds. The van der Waals surface area contributed by atoms with Crippen LogP contribution in [0, 0.1) is 5.82 Å². The third-order valence-corrected chi connectivity index (χ3v) is 2.67. The van der Waals surface area contributed by atoms with Crippen LogP contribution in [-0.2, 0) is 9.59 Å². The standard InChI is InChI=1S/C12H15FN2O3S/c1-7(16)14-11(6-19)12(17)15-10-5-8(18-2)3-4-9(10)13/h3-5,11,19H,6H2,1-2H3,(H,14,16)(H,15,17). The number of methoxy groups -OCH3 is 1. The van der Waals surface area contributed by atoms with E-state index in [0.29, 0.717) is 5.75 Å². The number of anilines is 1. The van der Waals surface area contributed by atoms with Crippen LogP contribution in [0.15, 0.2) is 18.2 Å². The van der Waals surface area contributed by atoms with Crippen LogP contribution in [0.25, 0.3) is 0 Å². The van der Waals surface area contributed by atoms with Crippen LogP contribution in [0.2, 0.25) is 0 Å². The van der Waals surface area contributed by atoms with Crippen molar-refractivity contribution in [1.82, 2.24) is 5.32 Å². The van der Waals surface area contributed by atoms with E-state index in [1.165, 1.54) is 32.2 Å². The van der Waals surface area contributed by atoms with Gasteiger partial charge in [0.15, 0.2) is 0 Å². The molecule has 2 N–H and O–H groups in total. The molecule has 0 aliphatic rings. The number of benzene rings is 1. The summed E-state index contributed by atoms with van der Waals surface area (Å²) in [6, 6.07) is 3.15. The Morgan fingerprint density at radius 3 is 2.68 bits per heavy atom. The van der Waals surface area contributed by atoms with E-state index in [1.807, 2.05) is 0 Å². The maximum absolute atomic E-state index is 13.5. The van der Waals surface area contributed by atoms with Gasteiger partial charge in [0.2, 0.25) is 11.8 Å². The molecule has 1 atom stereocenters. The van der Waals surface area contributed by atoms with Gasteiger partial charge in [0.1, 0.15) is 17.6 Å². The molecule has 0 bridgehead atoms. The number of halogens is 1. The molecule has 7 heteroatoms. The highest BCUT2D eigenvalue weighted by atomic mass is 32.1. The van der Waals surface area contributed by atoms with Gasteiger partial charge in [-0.25, -0.2) is 4.39 Å². The molecular formula is C12H15FN2O3S. The number of carbonyl (C=O) groups is 2. The first-order valence-corrected chi connectivity index (χ1v) is 6.13. The maximum Gasteiger partial charge on any atom is 0.247 e. The van der Waals surface area contributed by atoms with E-state index in [9.17, 15) is 14.0 Å². The molecule has 0 aliphatic carbocycles. The Kier molecular flexibility index (Phi) is 5.62. The quantitative estimate of drug-likeness (QED) is 0.713. The second kappa shape index (κ2) is 6.98. The fourth-order valence-electron chi connectivity index (χ4n) is 1.39. The predicted octanol–water partition coefficient (Wildman–Crippen LogP) is 1.21. The lowest BCUT2D eigenvalue weighted by Gasteiger charge is -2.16. The molecule has 1 aromatic rings. The van der Waals surface area contributed by atoms with E-state index in [-0.39, 0.29) is 17.3 Å². The van der Waals surface area contributed by atoms with Crippen molar-refractivity contribution >= 4 is 30.1 Å². The Morgan fingerprint density at radius 1 is 1.47 bits per heavy atom. The van der Waals surface area contributed by atoms with E-state index in [1.54, 1.807) is 0 Å². The third-order valence-electron chi connectivity index (χ3n) is 2.31. The molecule has 0 spiro atoms. The second-order valence-electron chi connectivity index (χ2n) is 3.77. The van der Waals surface area contributed by atoms with E-state index in [4.69, 9.17) is 4.74 Å². The summed E-state index contributed by atoms with van der Waals surface area (Å²) in [4.78, 5) is 22.8. The summed E-state index contributed by atoms with van der Waals surface area (Å²) in [5, 5.41) is 4.80. The molecule has 104 valence electrons. The van der Waals surface area contributed by atoms with Crippen molar-refractivity contribution in [2.24, 2.45) is 0 Å². The Balaban J connectivity index is 2.82. The average molecular weight is 286 g/mol. The smallest absolute Gasteiger partial charge is 0.247 e. The van der Waals surface area contributed by atoms with Gasteiger partial charge in [-0.3, -0.25) is 9.59 Å². The van der Waals surface area contributed by atoms with E-state index in [0.717, 1.165) is 0 Å². The molecule has 1 rings (SSSR count). The summed E-state index contributed by atoms with van der Waals surface area (Å²) < 4.78 is 18.5. The fourth-order valence-corrected chi connectivity index (χ4v) is 1.64. The predicted molar refractivity (Wildman–Crippen MR) is 73.0 cm³/mol. The molecular weight excluding hydrogens is 271 g/mol. The van der Waals surface area contributed by atoms with E-state index in [2.05, 4.69) is 23.3 Å². The van der Waals surface area contributed by atoms with Gasteiger partial charge >= 0.3 is 0 Å². The highest BCUT2D eigenvalue weighted by molar-refractivity contribution is 7.80. The number of carbonyl (C=O) groups excluding carboxylic acids is 2. The Hall–Kier alpha value is -1.76. The molecule has 0 aromatic heterocycles. The lowest BCUT2D eigenvalue weighted by molar-refractivity contribution is -0.124. The number of ether oxygens (including phenoxy) is 1. The first-order valence-electron chi connectivity index (χ1n) is 5.50. The van der Waals surface area contributed by atoms with Crippen molar-refractivity contribution in [2.45, 2.75) is 13.0 Å². The largest absolute Gasteiger partial charge is 0.497 e. The summed E-state index contributed by atoms with van der Waals surface area (Å²) in [5.41, 5.74) is -0.0125. The van der Waals surface area contributed by atoms with Gasteiger partial charge in [0.05, 0.1) is 12.8 Å². The first-order chi connectivity index (χ1) is 8.97. The van der Waals surface area contributed by atoms with Gasteiger partial charge in [-0.15, -0.1) is 0 Å². The highest BCUT2D eigenvalue weighted by Crippen LogP contribution is 2.21. The summed E-state index contributed by atoms with van der Waals surface area (Å²) in [7, 11) is 1.44. The number of amides is 2. The van der Waals surface area contributed by atoms with Crippen LogP contribution in [0.3, 0.4) is 0 Å². The van der Waals surface area contributed by atoms with Gasteiger partial charge in [-0.1, -0.05) is 0 Å². The Morgan fingerprint density at radius 2 is 2.16 bits per heavy atom. The van der Waals surface area contributed by atoms with Crippen LogP contribution in [0.5, 0.6) is 5.75 Å². The molecule has 0 heterocycles. The normalized spacial score (nSPS) is 11.6. The Bertz CT molecular complexity index is 482. The van der Waals surface area contributed by atoms with Crippen molar-refractivity contribution in [3.05, 3.63) is 24.0 Å². The Labute approximate surface area is 115 Å². The van der Waals surface area contributed by atoms with Crippen molar-refractivity contribution < 1.29 is 18.7 Å². The van der Waals surface area contributed by atoms with Crippen LogP contribution < -0.4 is 15.4 Å². The highest BCUT2D eigenvalue weighted by Gasteiger charge is 2.19. The van der Waals surface area contributed by atoms with Gasteiger partial charge in [-0.2, -0.15) is 12.6 Å². The van der Waals surface area contributed by atoms with Gasteiger partial charge in [-0.05, 0) is 12.1 Å². The van der Waals surface area contributed by atoms with Gasteiger partial charge < -0.3 is 15.4 Å². The van der Waals surface area contributed by atoms with Crippen LogP contribution in [-0.4, -0.2) is 30.7 Å². The topological polar surface area (TPSA) is 67.4 Å². The molecule has 0 saturated carbocycles. The average Bonchev–Trinajstić information content (AvgIpc) is 2.38. The summed E-state index contributed by atoms with van der Waals surface area (Å²) >= 11 is 3.97. The van der Waals surface area contributed by atoms with Crippen molar-refractivity contribution in [1.29, 1.82) is 0 Å². The number of thiol groups is 1. The first kappa shape index (κ1) is 15.3. The summed E-state index contributed by atoms with van der Waals surface area (Å²) in [6.45, 7) is 1.29. The van der Waals surface area contributed by atoms with E-state index < -0.39 is 17.8 Å². The zero-order valence-corrected chi connectivity index (χ0v) is 11.5. The number of nitrogens with one attached hydrogen (secondary N) is 2. The maximum atomic E-state index is 13.5. The van der Waals surface area contributed by atoms with Crippen LogP contribution in [0.1, 0.15) is 6.92 Å². The lowest BCUT2D eigenvalue weighted by atomic mass is 10.2. The minimum absolute atomic E-state index is 0.0125. The third kappa shape index (κ3) is 4.44. The van der Waals surface area contributed by atoms with E-state index >= 15 is 0 Å². The SMILES string of the molecule is COc1ccc(F)c(NC(=O)C(CS)NC(C)=O)c1. The number of rotatable bonds is 5. The van der Waals surface area contributed by atoms with Crippen molar-refractivity contribution in [3.8, 4) is 5.75 Å². The molecule has 0 saturated heterocycles.